The Labute approximate surface area is 153 Å². The summed E-state index contributed by atoms with van der Waals surface area (Å²) in [5, 5.41) is 16.8. The molecule has 1 fully saturated rings. The lowest BCUT2D eigenvalue weighted by Gasteiger charge is -2.37. The largest absolute Gasteiger partial charge is 0.393 e. The number of benzene rings is 1. The summed E-state index contributed by atoms with van der Waals surface area (Å²) in [4.78, 5) is 12.7. The Kier molecular flexibility index (Phi) is 5.15. The Morgan fingerprint density at radius 1 is 1.35 bits per heavy atom. The van der Waals surface area contributed by atoms with Crippen molar-refractivity contribution in [2.75, 3.05) is 6.26 Å². The summed E-state index contributed by atoms with van der Waals surface area (Å²) in [6.07, 6.45) is 5.93. The van der Waals surface area contributed by atoms with Crippen LogP contribution in [0.4, 0.5) is 0 Å². The molecule has 7 nitrogen and oxygen atoms in total. The second-order valence-electron chi connectivity index (χ2n) is 6.97. The monoisotopic (exact) mass is 377 g/mol. The van der Waals surface area contributed by atoms with E-state index in [1.165, 1.54) is 12.1 Å². The Balaban J connectivity index is 1.68. The zero-order valence-electron chi connectivity index (χ0n) is 14.8. The fraction of sp³-hybridized carbons (Fsp3) is 0.444. The number of rotatable bonds is 6. The quantitative estimate of drug-likeness (QED) is 0.782. The molecule has 0 saturated heterocycles. The Morgan fingerprint density at radius 2 is 2.00 bits per heavy atom. The Hall–Kier alpha value is -2.19. The van der Waals surface area contributed by atoms with Gasteiger partial charge in [0.25, 0.3) is 0 Å². The molecule has 1 amide bonds. The summed E-state index contributed by atoms with van der Waals surface area (Å²) in [5.74, 6) is 0.0399. The van der Waals surface area contributed by atoms with Crippen LogP contribution in [0.3, 0.4) is 0 Å². The fourth-order valence-corrected chi connectivity index (χ4v) is 3.87. The van der Waals surface area contributed by atoms with Crippen LogP contribution in [-0.4, -0.2) is 41.6 Å². The average Bonchev–Trinajstić information content (AvgIpc) is 2.96. The van der Waals surface area contributed by atoms with E-state index in [4.69, 9.17) is 0 Å². The number of nitrogens with one attached hydrogen (secondary N) is 1. The number of amides is 1. The number of sulfone groups is 1. The molecule has 1 aliphatic rings. The zero-order chi connectivity index (χ0) is 18.9. The molecule has 1 aliphatic carbocycles. The highest BCUT2D eigenvalue weighted by Gasteiger charge is 2.36. The molecule has 0 unspecified atom stereocenters. The number of nitrogens with zero attached hydrogens (tertiary/aromatic N) is 2. The minimum Gasteiger partial charge on any atom is -0.393 e. The van der Waals surface area contributed by atoms with Gasteiger partial charge in [-0.05, 0) is 36.5 Å². The Bertz CT molecular complexity index is 883. The SMILES string of the molecule is Cn1cc([C@H](NC(=O)Cc2ccc(S(C)(=O)=O)cc2)C2CC(O)C2)cn1. The van der Waals surface area contributed by atoms with Crippen LogP contribution in [0.1, 0.15) is 30.0 Å². The molecular weight excluding hydrogens is 354 g/mol. The van der Waals surface area contributed by atoms with Gasteiger partial charge in [-0.25, -0.2) is 8.42 Å². The van der Waals surface area contributed by atoms with Crippen molar-refractivity contribution in [3.8, 4) is 0 Å². The van der Waals surface area contributed by atoms with Gasteiger partial charge < -0.3 is 10.4 Å². The van der Waals surface area contributed by atoms with Crippen LogP contribution in [0.15, 0.2) is 41.6 Å². The average molecular weight is 377 g/mol. The lowest BCUT2D eigenvalue weighted by Crippen LogP contribution is -2.41. The van der Waals surface area contributed by atoms with E-state index < -0.39 is 9.84 Å². The minimum absolute atomic E-state index is 0.146. The first kappa shape index (κ1) is 18.6. The van der Waals surface area contributed by atoms with Gasteiger partial charge >= 0.3 is 0 Å². The van der Waals surface area contributed by atoms with Crippen molar-refractivity contribution in [2.45, 2.75) is 36.3 Å². The highest BCUT2D eigenvalue weighted by molar-refractivity contribution is 7.90. The fourth-order valence-electron chi connectivity index (χ4n) is 3.24. The normalized spacial score (nSPS) is 21.0. The highest BCUT2D eigenvalue weighted by atomic mass is 32.2. The van der Waals surface area contributed by atoms with Gasteiger partial charge in [-0.2, -0.15) is 5.10 Å². The van der Waals surface area contributed by atoms with E-state index in [0.717, 1.165) is 17.4 Å². The molecule has 0 radical (unpaired) electrons. The molecule has 0 spiro atoms. The zero-order valence-corrected chi connectivity index (χ0v) is 15.6. The van der Waals surface area contributed by atoms with Gasteiger partial charge in [-0.3, -0.25) is 9.48 Å². The second-order valence-corrected chi connectivity index (χ2v) is 8.99. The molecule has 1 aromatic heterocycles. The van der Waals surface area contributed by atoms with Gasteiger partial charge in [0, 0.05) is 25.1 Å². The lowest BCUT2D eigenvalue weighted by molar-refractivity contribution is -0.122. The van der Waals surface area contributed by atoms with Gasteiger partial charge in [-0.1, -0.05) is 12.1 Å². The molecule has 8 heteroatoms. The third-order valence-corrected chi connectivity index (χ3v) is 5.87. The van der Waals surface area contributed by atoms with Crippen LogP contribution in [-0.2, 0) is 28.1 Å². The summed E-state index contributed by atoms with van der Waals surface area (Å²) in [7, 11) is -1.43. The maximum absolute atomic E-state index is 12.5. The summed E-state index contributed by atoms with van der Waals surface area (Å²) in [6.45, 7) is 0. The van der Waals surface area contributed by atoms with E-state index in [2.05, 4.69) is 10.4 Å². The smallest absolute Gasteiger partial charge is 0.224 e. The summed E-state index contributed by atoms with van der Waals surface area (Å²) in [6, 6.07) is 6.15. The van der Waals surface area contributed by atoms with Crippen molar-refractivity contribution in [1.29, 1.82) is 0 Å². The van der Waals surface area contributed by atoms with Crippen LogP contribution in [0, 0.1) is 5.92 Å². The van der Waals surface area contributed by atoms with Crippen molar-refractivity contribution >= 4 is 15.7 Å². The molecule has 1 atom stereocenters. The van der Waals surface area contributed by atoms with Crippen LogP contribution in [0.2, 0.25) is 0 Å². The number of hydrogen-bond donors (Lipinski definition) is 2. The van der Waals surface area contributed by atoms with Gasteiger partial charge in [0.1, 0.15) is 0 Å². The molecule has 1 heterocycles. The molecule has 0 bridgehead atoms. The van der Waals surface area contributed by atoms with Gasteiger partial charge in [0.15, 0.2) is 9.84 Å². The number of aromatic nitrogens is 2. The van der Waals surface area contributed by atoms with E-state index >= 15 is 0 Å². The number of aryl methyl sites for hydroxylation is 1. The van der Waals surface area contributed by atoms with Crippen molar-refractivity contribution in [3.63, 3.8) is 0 Å². The molecule has 1 saturated carbocycles. The third-order valence-electron chi connectivity index (χ3n) is 4.74. The number of hydrogen-bond acceptors (Lipinski definition) is 5. The van der Waals surface area contributed by atoms with Crippen molar-refractivity contribution < 1.29 is 18.3 Å². The van der Waals surface area contributed by atoms with Crippen LogP contribution in [0.5, 0.6) is 0 Å². The number of carbonyl (C=O) groups excluding carboxylic acids is 1. The van der Waals surface area contributed by atoms with Gasteiger partial charge in [0.2, 0.25) is 5.91 Å². The maximum Gasteiger partial charge on any atom is 0.224 e. The molecule has 2 N–H and O–H groups in total. The first-order valence-electron chi connectivity index (χ1n) is 8.47. The molecule has 26 heavy (non-hydrogen) atoms. The van der Waals surface area contributed by atoms with Crippen molar-refractivity contribution in [2.24, 2.45) is 13.0 Å². The Morgan fingerprint density at radius 3 is 2.50 bits per heavy atom. The molecule has 140 valence electrons. The molecule has 0 aliphatic heterocycles. The predicted molar refractivity (Wildman–Crippen MR) is 96.1 cm³/mol. The van der Waals surface area contributed by atoms with E-state index in [9.17, 15) is 18.3 Å². The number of carbonyl (C=O) groups is 1. The number of aliphatic hydroxyl groups is 1. The van der Waals surface area contributed by atoms with Gasteiger partial charge in [0.05, 0.1) is 29.7 Å². The summed E-state index contributed by atoms with van der Waals surface area (Å²) in [5.41, 5.74) is 1.67. The number of aliphatic hydroxyl groups excluding tert-OH is 1. The summed E-state index contributed by atoms with van der Waals surface area (Å²) < 4.78 is 24.7. The van der Waals surface area contributed by atoms with E-state index in [1.807, 2.05) is 13.2 Å². The van der Waals surface area contributed by atoms with E-state index in [-0.39, 0.29) is 35.3 Å². The van der Waals surface area contributed by atoms with Crippen molar-refractivity contribution in [3.05, 3.63) is 47.8 Å². The second kappa shape index (κ2) is 7.20. The first-order valence-corrected chi connectivity index (χ1v) is 10.4. The molecular formula is C18H23N3O4S. The first-order chi connectivity index (χ1) is 12.2. The van der Waals surface area contributed by atoms with Crippen LogP contribution in [0.25, 0.3) is 0 Å². The summed E-state index contributed by atoms with van der Waals surface area (Å²) >= 11 is 0. The van der Waals surface area contributed by atoms with Crippen molar-refractivity contribution in [1.82, 2.24) is 15.1 Å². The molecule has 3 rings (SSSR count). The molecule has 1 aromatic carbocycles. The predicted octanol–water partition coefficient (Wildman–Crippen LogP) is 0.994. The third kappa shape index (κ3) is 4.31. The highest BCUT2D eigenvalue weighted by Crippen LogP contribution is 2.38. The van der Waals surface area contributed by atoms with E-state index in [0.29, 0.717) is 12.8 Å². The van der Waals surface area contributed by atoms with Crippen LogP contribution < -0.4 is 5.32 Å². The lowest BCUT2D eigenvalue weighted by atomic mass is 9.75. The molecule has 2 aromatic rings. The van der Waals surface area contributed by atoms with Crippen LogP contribution >= 0.6 is 0 Å². The minimum atomic E-state index is -3.25. The van der Waals surface area contributed by atoms with Gasteiger partial charge in [-0.15, -0.1) is 0 Å². The topological polar surface area (TPSA) is 101 Å². The standard InChI is InChI=1S/C18H23N3O4S/c1-21-11-14(10-19-21)18(13-8-15(22)9-13)20-17(23)7-12-3-5-16(6-4-12)26(2,24)25/h3-6,10-11,13,15,18,22H,7-9H2,1-2H3,(H,20,23)/t13?,15?,18-/m1/s1. The maximum atomic E-state index is 12.5. The van der Waals surface area contributed by atoms with E-state index in [1.54, 1.807) is 23.0 Å².